The molecule has 0 aromatic carbocycles. The molecule has 0 aromatic heterocycles. The van der Waals surface area contributed by atoms with Crippen LogP contribution in [0.25, 0.3) is 0 Å². The largest absolute Gasteiger partial charge is 0.430 e. The minimum Gasteiger partial charge on any atom is -0.333 e. The van der Waals surface area contributed by atoms with Crippen LogP contribution < -0.4 is 5.73 Å². The van der Waals surface area contributed by atoms with E-state index in [1.54, 1.807) is 6.92 Å². The second-order valence-electron chi connectivity index (χ2n) is 1.22. The first-order valence-electron chi connectivity index (χ1n) is 2.22. The molecule has 0 saturated carbocycles. The van der Waals surface area contributed by atoms with Gasteiger partial charge in [0.25, 0.3) is 0 Å². The van der Waals surface area contributed by atoms with Crippen LogP contribution in [0.15, 0.2) is 5.16 Å². The summed E-state index contributed by atoms with van der Waals surface area (Å²) in [6.07, 6.45) is 0.937. The van der Waals surface area contributed by atoms with Gasteiger partial charge in [-0.2, -0.15) is 0 Å². The fraction of sp³-hybridized carbons (Fsp3) is 0.500. The first-order valence-corrected chi connectivity index (χ1v) is 3.44. The fourth-order valence-electron chi connectivity index (χ4n) is 0.147. The molecule has 52 valence electrons. The van der Waals surface area contributed by atoms with Gasteiger partial charge in [0.15, 0.2) is 0 Å². The van der Waals surface area contributed by atoms with Crippen LogP contribution in [0.3, 0.4) is 0 Å². The molecule has 0 rings (SSSR count). The lowest BCUT2D eigenvalue weighted by molar-refractivity contribution is 0.162. The number of amides is 1. The number of rotatable bonds is 1. The number of carbonyl (C=O) groups excluding carboxylic acids is 1. The van der Waals surface area contributed by atoms with E-state index in [1.807, 2.05) is 6.26 Å². The maximum Gasteiger partial charge on any atom is 0.430 e. The van der Waals surface area contributed by atoms with Crippen molar-refractivity contribution in [2.24, 2.45) is 10.9 Å². The van der Waals surface area contributed by atoms with E-state index in [-0.39, 0.29) is 0 Å². The highest BCUT2D eigenvalue weighted by molar-refractivity contribution is 8.13. The lowest BCUT2D eigenvalue weighted by Crippen LogP contribution is -2.09. The average Bonchev–Trinajstić information content (AvgIpc) is 1.83. The second-order valence-corrected chi connectivity index (χ2v) is 2.22. The van der Waals surface area contributed by atoms with Gasteiger partial charge in [-0.15, -0.1) is 11.8 Å². The highest BCUT2D eigenvalue weighted by atomic mass is 32.2. The van der Waals surface area contributed by atoms with Gasteiger partial charge in [-0.25, -0.2) is 4.79 Å². The summed E-state index contributed by atoms with van der Waals surface area (Å²) in [5, 5.41) is 4.01. The summed E-state index contributed by atoms with van der Waals surface area (Å²) >= 11 is 1.38. The fourth-order valence-corrected chi connectivity index (χ4v) is 0.258. The number of hydrogen-bond acceptors (Lipinski definition) is 4. The van der Waals surface area contributed by atoms with E-state index in [9.17, 15) is 4.79 Å². The highest BCUT2D eigenvalue weighted by Crippen LogP contribution is 1.95. The molecule has 4 nitrogen and oxygen atoms in total. The van der Waals surface area contributed by atoms with Gasteiger partial charge in [-0.3, -0.25) is 4.84 Å². The third kappa shape index (κ3) is 5.16. The molecule has 0 atom stereocenters. The number of carbonyl (C=O) groups is 1. The number of nitrogens with zero attached hydrogens (tertiary/aromatic N) is 1. The Hall–Kier alpha value is -0.710. The number of primary amides is 1. The van der Waals surface area contributed by atoms with E-state index in [1.165, 1.54) is 11.8 Å². The molecule has 5 heteroatoms. The Morgan fingerprint density at radius 3 is 2.67 bits per heavy atom. The summed E-state index contributed by atoms with van der Waals surface area (Å²) in [7, 11) is 0. The molecule has 1 amide bonds. The topological polar surface area (TPSA) is 64.7 Å². The van der Waals surface area contributed by atoms with Crippen LogP contribution in [0.4, 0.5) is 4.79 Å². The van der Waals surface area contributed by atoms with Crippen LogP contribution in [0.2, 0.25) is 0 Å². The summed E-state index contributed by atoms with van der Waals surface area (Å²) in [5.41, 5.74) is 4.62. The zero-order valence-corrected chi connectivity index (χ0v) is 6.07. The lowest BCUT2D eigenvalue weighted by atomic mass is 10.9. The lowest BCUT2D eigenvalue weighted by Gasteiger charge is -1.90. The molecule has 2 N–H and O–H groups in total. The minimum atomic E-state index is -0.886. The second kappa shape index (κ2) is 4.20. The number of oxime groups is 1. The van der Waals surface area contributed by atoms with Gasteiger partial charge >= 0.3 is 6.09 Å². The zero-order chi connectivity index (χ0) is 7.28. The number of hydrogen-bond donors (Lipinski definition) is 1. The maximum absolute atomic E-state index is 9.90. The molecule has 9 heavy (non-hydrogen) atoms. The van der Waals surface area contributed by atoms with Crippen LogP contribution in [0.1, 0.15) is 6.92 Å². The van der Waals surface area contributed by atoms with Gasteiger partial charge in [-0.05, 0) is 13.2 Å². The van der Waals surface area contributed by atoms with Gasteiger partial charge in [0, 0.05) is 0 Å². The summed E-state index contributed by atoms with van der Waals surface area (Å²) in [4.78, 5) is 14.0. The minimum absolute atomic E-state index is 0.661. The third-order valence-corrected chi connectivity index (χ3v) is 1.22. The predicted molar refractivity (Wildman–Crippen MR) is 37.3 cm³/mol. The van der Waals surface area contributed by atoms with E-state index >= 15 is 0 Å². The third-order valence-electron chi connectivity index (χ3n) is 0.560. The SMILES string of the molecule is CSC(C)=NOC(N)=O. The van der Waals surface area contributed by atoms with Crippen LogP contribution in [-0.2, 0) is 4.84 Å². The Labute approximate surface area is 57.4 Å². The van der Waals surface area contributed by atoms with Crippen LogP contribution >= 0.6 is 11.8 Å². The first kappa shape index (κ1) is 8.29. The monoisotopic (exact) mass is 148 g/mol. The van der Waals surface area contributed by atoms with E-state index in [2.05, 4.69) is 15.7 Å². The summed E-state index contributed by atoms with van der Waals surface area (Å²) in [5.74, 6) is 0. The van der Waals surface area contributed by atoms with Crippen molar-refractivity contribution >= 4 is 22.9 Å². The van der Waals surface area contributed by atoms with Crippen molar-refractivity contribution in [3.05, 3.63) is 0 Å². The van der Waals surface area contributed by atoms with Gasteiger partial charge < -0.3 is 5.73 Å². The van der Waals surface area contributed by atoms with E-state index < -0.39 is 6.09 Å². The van der Waals surface area contributed by atoms with Gasteiger partial charge in [0.05, 0.1) is 0 Å². The van der Waals surface area contributed by atoms with Crippen LogP contribution in [0, 0.1) is 0 Å². The van der Waals surface area contributed by atoms with Crippen molar-refractivity contribution in [1.82, 2.24) is 0 Å². The molecule has 0 aliphatic heterocycles. The zero-order valence-electron chi connectivity index (χ0n) is 5.25. The Morgan fingerprint density at radius 2 is 2.33 bits per heavy atom. The Bertz CT molecular complexity index is 135. The standard InChI is InChI=1S/C4H8N2O2S/c1-3(9-2)6-8-4(5)7/h1-2H3,(H2,5,7). The van der Waals surface area contributed by atoms with Crippen molar-refractivity contribution in [2.45, 2.75) is 6.92 Å². The molecule has 0 radical (unpaired) electrons. The predicted octanol–water partition coefficient (Wildman–Crippen LogP) is 0.778. The van der Waals surface area contributed by atoms with Gasteiger partial charge in [0.1, 0.15) is 5.04 Å². The summed E-state index contributed by atoms with van der Waals surface area (Å²) in [6, 6.07) is 0. The van der Waals surface area contributed by atoms with Gasteiger partial charge in [-0.1, -0.05) is 5.16 Å². The van der Waals surface area contributed by atoms with Crippen LogP contribution in [0.5, 0.6) is 0 Å². The number of thioether (sulfide) groups is 1. The van der Waals surface area contributed by atoms with Crippen molar-refractivity contribution in [3.63, 3.8) is 0 Å². The molecule has 0 bridgehead atoms. The van der Waals surface area contributed by atoms with E-state index in [0.717, 1.165) is 0 Å². The molecule has 0 saturated heterocycles. The van der Waals surface area contributed by atoms with E-state index in [4.69, 9.17) is 0 Å². The molecular weight excluding hydrogens is 140 g/mol. The normalized spacial score (nSPS) is 11.1. The quantitative estimate of drug-likeness (QED) is 0.258. The molecule has 0 aliphatic rings. The first-order chi connectivity index (χ1) is 4.16. The molecule has 0 heterocycles. The van der Waals surface area contributed by atoms with Crippen molar-refractivity contribution in [2.75, 3.05) is 6.26 Å². The van der Waals surface area contributed by atoms with Crippen molar-refractivity contribution in [3.8, 4) is 0 Å². The molecule has 0 aliphatic carbocycles. The Balaban J connectivity index is 3.56. The summed E-state index contributed by atoms with van der Waals surface area (Å²) < 4.78 is 0. The molecule has 0 fully saturated rings. The number of nitrogens with two attached hydrogens (primary N) is 1. The molecule has 0 aromatic rings. The van der Waals surface area contributed by atoms with E-state index in [0.29, 0.717) is 5.04 Å². The van der Waals surface area contributed by atoms with Gasteiger partial charge in [0.2, 0.25) is 0 Å². The Kier molecular flexibility index (Phi) is 3.87. The molecule has 0 spiro atoms. The highest BCUT2D eigenvalue weighted by Gasteiger charge is 1.90. The maximum atomic E-state index is 9.90. The molecular formula is C4H8N2O2S. The Morgan fingerprint density at radius 1 is 1.78 bits per heavy atom. The molecule has 0 unspecified atom stereocenters. The van der Waals surface area contributed by atoms with Crippen LogP contribution in [-0.4, -0.2) is 17.4 Å². The van der Waals surface area contributed by atoms with Crippen molar-refractivity contribution in [1.29, 1.82) is 0 Å². The van der Waals surface area contributed by atoms with Crippen molar-refractivity contribution < 1.29 is 9.63 Å². The average molecular weight is 148 g/mol. The smallest absolute Gasteiger partial charge is 0.333 e. The summed E-state index contributed by atoms with van der Waals surface area (Å²) in [6.45, 7) is 1.72.